The van der Waals surface area contributed by atoms with Crippen LogP contribution >= 0.6 is 31.9 Å². The summed E-state index contributed by atoms with van der Waals surface area (Å²) >= 11 is 7.30. The highest BCUT2D eigenvalue weighted by atomic mass is 79.9. The van der Waals surface area contributed by atoms with Crippen molar-refractivity contribution in [3.63, 3.8) is 0 Å². The number of aliphatic hydroxyl groups is 1. The standard InChI is InChI=1S/C19H23Br2NO5/c1-4-26-19(24)22(2)12-6-8-10(20)7-13(25-3)17-14(8)15-9(12)5-11(21)16(23)18(15)27-17/h7,9,11-12,15-16,18,23H,4-6H2,1-3H3/t9-,11+,12+,15?,16-,18+/m0/s1. The van der Waals surface area contributed by atoms with E-state index < -0.39 is 6.10 Å². The number of rotatable bonds is 3. The molecule has 1 N–H and O–H groups in total. The van der Waals surface area contributed by atoms with Crippen molar-refractivity contribution in [3.05, 3.63) is 21.7 Å². The molecular formula is C19H23Br2NO5. The molecule has 0 saturated heterocycles. The molecule has 1 fully saturated rings. The van der Waals surface area contributed by atoms with Crippen LogP contribution in [0.3, 0.4) is 0 Å². The van der Waals surface area contributed by atoms with Crippen LogP contribution in [-0.2, 0) is 11.2 Å². The molecule has 1 amide bonds. The van der Waals surface area contributed by atoms with E-state index in [4.69, 9.17) is 14.2 Å². The lowest BCUT2D eigenvalue weighted by Crippen LogP contribution is -2.56. The number of aliphatic hydroxyl groups excluding tert-OH is 1. The van der Waals surface area contributed by atoms with Gasteiger partial charge in [0.15, 0.2) is 11.5 Å². The Morgan fingerprint density at radius 1 is 1.48 bits per heavy atom. The largest absolute Gasteiger partial charge is 0.493 e. The molecule has 0 spiro atoms. The third kappa shape index (κ3) is 2.86. The summed E-state index contributed by atoms with van der Waals surface area (Å²) in [6.45, 7) is 2.15. The van der Waals surface area contributed by atoms with Gasteiger partial charge in [-0.2, -0.15) is 0 Å². The van der Waals surface area contributed by atoms with E-state index >= 15 is 0 Å². The minimum Gasteiger partial charge on any atom is -0.493 e. The molecule has 8 heteroatoms. The summed E-state index contributed by atoms with van der Waals surface area (Å²) in [5, 5.41) is 10.8. The van der Waals surface area contributed by atoms with E-state index in [1.165, 1.54) is 0 Å². The molecule has 1 heterocycles. The van der Waals surface area contributed by atoms with Gasteiger partial charge in [-0.3, -0.25) is 0 Å². The van der Waals surface area contributed by atoms with E-state index in [1.54, 1.807) is 19.1 Å². The molecule has 1 aliphatic heterocycles. The molecule has 3 aliphatic rings. The number of benzene rings is 1. The van der Waals surface area contributed by atoms with Crippen LogP contribution in [0.2, 0.25) is 0 Å². The van der Waals surface area contributed by atoms with Gasteiger partial charge < -0.3 is 24.2 Å². The van der Waals surface area contributed by atoms with E-state index in [0.717, 1.165) is 27.8 Å². The molecular weight excluding hydrogens is 482 g/mol. The summed E-state index contributed by atoms with van der Waals surface area (Å²) in [4.78, 5) is 14.1. The predicted octanol–water partition coefficient (Wildman–Crippen LogP) is 3.46. The Morgan fingerprint density at radius 3 is 2.89 bits per heavy atom. The number of nitrogens with zero attached hydrogens (tertiary/aromatic N) is 1. The quantitative estimate of drug-likeness (QED) is 0.638. The summed E-state index contributed by atoms with van der Waals surface area (Å²) in [5.41, 5.74) is 2.24. The van der Waals surface area contributed by atoms with Gasteiger partial charge >= 0.3 is 6.09 Å². The minimum atomic E-state index is -0.623. The third-order valence-corrected chi connectivity index (χ3v) is 7.75. The first-order valence-corrected chi connectivity index (χ1v) is 10.9. The van der Waals surface area contributed by atoms with Crippen LogP contribution in [0, 0.1) is 5.92 Å². The number of carbonyl (C=O) groups excluding carboxylic acids is 1. The van der Waals surface area contributed by atoms with Gasteiger partial charge in [0.05, 0.1) is 13.7 Å². The Balaban J connectivity index is 1.82. The number of methoxy groups -OCH3 is 1. The average Bonchev–Trinajstić information content (AvgIpc) is 3.05. The number of halogens is 2. The third-order valence-electron chi connectivity index (χ3n) is 6.13. The van der Waals surface area contributed by atoms with E-state index in [9.17, 15) is 9.90 Å². The summed E-state index contributed by atoms with van der Waals surface area (Å²) in [7, 11) is 3.42. The SMILES string of the molecule is CCOC(=O)N(C)[C@@H]1Cc2c(Br)cc(OC)c3c2C2[C@H]1C[C@@H](Br)[C@H](O)[C@@H]2O3. The first-order valence-electron chi connectivity index (χ1n) is 9.16. The fraction of sp³-hybridized carbons (Fsp3) is 0.632. The number of hydrogen-bond donors (Lipinski definition) is 1. The molecule has 0 aromatic heterocycles. The molecule has 2 aliphatic carbocycles. The number of amides is 1. The zero-order chi connectivity index (χ0) is 19.5. The maximum atomic E-state index is 12.4. The van der Waals surface area contributed by atoms with Crippen molar-refractivity contribution in [2.45, 2.75) is 48.8 Å². The van der Waals surface area contributed by atoms with Gasteiger partial charge in [0, 0.05) is 33.9 Å². The van der Waals surface area contributed by atoms with Crippen molar-refractivity contribution < 1.29 is 24.1 Å². The highest BCUT2D eigenvalue weighted by Crippen LogP contribution is 2.59. The smallest absolute Gasteiger partial charge is 0.409 e. The van der Waals surface area contributed by atoms with Crippen LogP contribution < -0.4 is 9.47 Å². The van der Waals surface area contributed by atoms with Gasteiger partial charge in [0.1, 0.15) is 12.2 Å². The maximum absolute atomic E-state index is 12.4. The highest BCUT2D eigenvalue weighted by molar-refractivity contribution is 9.10. The molecule has 1 aromatic rings. The monoisotopic (exact) mass is 503 g/mol. The van der Waals surface area contributed by atoms with Crippen molar-refractivity contribution in [1.82, 2.24) is 4.90 Å². The van der Waals surface area contributed by atoms with Crippen molar-refractivity contribution in [1.29, 1.82) is 0 Å². The Kier molecular flexibility index (Phi) is 5.10. The van der Waals surface area contributed by atoms with E-state index in [-0.39, 0.29) is 34.9 Å². The van der Waals surface area contributed by atoms with Crippen LogP contribution in [0.5, 0.6) is 11.5 Å². The second-order valence-corrected chi connectivity index (χ2v) is 9.41. The number of carbonyl (C=O) groups is 1. The van der Waals surface area contributed by atoms with Crippen molar-refractivity contribution in [2.75, 3.05) is 20.8 Å². The van der Waals surface area contributed by atoms with Gasteiger partial charge in [0.2, 0.25) is 0 Å². The lowest BCUT2D eigenvalue weighted by molar-refractivity contribution is -0.0238. The molecule has 1 saturated carbocycles. The Bertz CT molecular complexity index is 773. The second-order valence-electron chi connectivity index (χ2n) is 7.38. The predicted molar refractivity (Wildman–Crippen MR) is 107 cm³/mol. The van der Waals surface area contributed by atoms with Gasteiger partial charge in [0.25, 0.3) is 0 Å². The molecule has 0 radical (unpaired) electrons. The molecule has 4 rings (SSSR count). The Labute approximate surface area is 175 Å². The van der Waals surface area contributed by atoms with Crippen LogP contribution in [0.4, 0.5) is 4.79 Å². The van der Waals surface area contributed by atoms with Crippen LogP contribution in [-0.4, -0.2) is 59.9 Å². The first kappa shape index (κ1) is 19.3. The maximum Gasteiger partial charge on any atom is 0.409 e. The van der Waals surface area contributed by atoms with Gasteiger partial charge in [-0.1, -0.05) is 31.9 Å². The van der Waals surface area contributed by atoms with E-state index in [2.05, 4.69) is 31.9 Å². The van der Waals surface area contributed by atoms with Gasteiger partial charge in [-0.15, -0.1) is 0 Å². The second kappa shape index (κ2) is 7.12. The molecule has 6 atom stereocenters. The summed E-state index contributed by atoms with van der Waals surface area (Å²) in [5.74, 6) is 1.57. The zero-order valence-electron chi connectivity index (χ0n) is 15.4. The summed E-state index contributed by atoms with van der Waals surface area (Å²) in [6.07, 6.45) is 0.164. The van der Waals surface area contributed by atoms with Crippen molar-refractivity contribution in [3.8, 4) is 11.5 Å². The normalized spacial score (nSPS) is 33.1. The fourth-order valence-electron chi connectivity index (χ4n) is 4.91. The molecule has 1 unspecified atom stereocenters. The number of ether oxygens (including phenoxy) is 3. The van der Waals surface area contributed by atoms with Gasteiger partial charge in [-0.05, 0) is 37.3 Å². The molecule has 27 heavy (non-hydrogen) atoms. The molecule has 0 bridgehead atoms. The Morgan fingerprint density at radius 2 is 2.22 bits per heavy atom. The van der Waals surface area contributed by atoms with Crippen molar-refractivity contribution >= 4 is 38.0 Å². The number of hydrogen-bond acceptors (Lipinski definition) is 5. The van der Waals surface area contributed by atoms with E-state index in [1.807, 2.05) is 13.0 Å². The average molecular weight is 505 g/mol. The summed E-state index contributed by atoms with van der Waals surface area (Å²) in [6, 6.07) is 1.88. The molecule has 148 valence electrons. The lowest BCUT2D eigenvalue weighted by Gasteiger charge is -2.47. The minimum absolute atomic E-state index is 0.0147. The number of likely N-dealkylation sites (N-methyl/N-ethyl adjacent to an activating group) is 1. The van der Waals surface area contributed by atoms with E-state index in [0.29, 0.717) is 18.8 Å². The lowest BCUT2D eigenvalue weighted by atomic mass is 9.64. The molecule has 1 aromatic carbocycles. The van der Waals surface area contributed by atoms with Crippen LogP contribution in [0.15, 0.2) is 10.5 Å². The first-order chi connectivity index (χ1) is 12.9. The van der Waals surface area contributed by atoms with Crippen LogP contribution in [0.25, 0.3) is 0 Å². The number of alkyl halides is 1. The van der Waals surface area contributed by atoms with Crippen molar-refractivity contribution in [2.24, 2.45) is 5.92 Å². The molecule has 6 nitrogen and oxygen atoms in total. The highest BCUT2D eigenvalue weighted by Gasteiger charge is 2.57. The van der Waals surface area contributed by atoms with Crippen LogP contribution in [0.1, 0.15) is 30.4 Å². The zero-order valence-corrected chi connectivity index (χ0v) is 18.6. The van der Waals surface area contributed by atoms with Gasteiger partial charge in [-0.25, -0.2) is 4.79 Å². The Hall–Kier alpha value is -0.990. The fourth-order valence-corrected chi connectivity index (χ4v) is 6.22. The topological polar surface area (TPSA) is 68.2 Å². The summed E-state index contributed by atoms with van der Waals surface area (Å²) < 4.78 is 18.0.